The van der Waals surface area contributed by atoms with Gasteiger partial charge in [0.15, 0.2) is 0 Å². The number of benzene rings is 2. The van der Waals surface area contributed by atoms with Gasteiger partial charge in [-0.3, -0.25) is 9.52 Å². The summed E-state index contributed by atoms with van der Waals surface area (Å²) in [5.74, 6) is -0.213. The third-order valence-electron chi connectivity index (χ3n) is 4.78. The highest BCUT2D eigenvalue weighted by Gasteiger charge is 2.17. The van der Waals surface area contributed by atoms with E-state index in [9.17, 15) is 13.2 Å². The molecule has 2 N–H and O–H groups in total. The minimum Gasteiger partial charge on any atom is -0.346 e. The van der Waals surface area contributed by atoms with Crippen molar-refractivity contribution in [3.05, 3.63) is 82.7 Å². The van der Waals surface area contributed by atoms with Gasteiger partial charge in [0.2, 0.25) is 0 Å². The van der Waals surface area contributed by atoms with E-state index in [0.29, 0.717) is 11.3 Å². The Morgan fingerprint density at radius 3 is 2.13 bits per heavy atom. The highest BCUT2D eigenvalue weighted by Crippen LogP contribution is 2.24. The van der Waals surface area contributed by atoms with Crippen LogP contribution in [0.3, 0.4) is 0 Å². The largest absolute Gasteiger partial charge is 0.346 e. The van der Waals surface area contributed by atoms with Gasteiger partial charge < -0.3 is 5.32 Å². The van der Waals surface area contributed by atoms with Crippen LogP contribution in [-0.2, 0) is 15.4 Å². The molecule has 5 nitrogen and oxygen atoms in total. The Kier molecular flexibility index (Phi) is 6.33. The average molecular weight is 443 g/mol. The van der Waals surface area contributed by atoms with Gasteiger partial charge >= 0.3 is 0 Å². The van der Waals surface area contributed by atoms with Crippen molar-refractivity contribution in [2.24, 2.45) is 0 Å². The molecule has 0 fully saturated rings. The molecule has 1 atom stereocenters. The first kappa shape index (κ1) is 22.1. The van der Waals surface area contributed by atoms with E-state index in [2.05, 4.69) is 42.9 Å². The van der Waals surface area contributed by atoms with Gasteiger partial charge in [0.25, 0.3) is 15.9 Å². The minimum absolute atomic E-state index is 0.0811. The molecule has 2 aromatic carbocycles. The van der Waals surface area contributed by atoms with Gasteiger partial charge in [-0.05, 0) is 59.2 Å². The third-order valence-corrected chi connectivity index (χ3v) is 7.56. The SMILES string of the molecule is C[C@H](NC(=O)c1ccc(NS(=O)(=O)c2cccs2)cc1)c1ccc(C(C)(C)C)cc1. The quantitative estimate of drug-likeness (QED) is 0.541. The summed E-state index contributed by atoms with van der Waals surface area (Å²) >= 11 is 1.15. The van der Waals surface area contributed by atoms with Gasteiger partial charge in [-0.1, -0.05) is 51.1 Å². The summed E-state index contributed by atoms with van der Waals surface area (Å²) in [4.78, 5) is 12.6. The molecule has 3 aromatic rings. The molecule has 3 rings (SSSR count). The molecule has 0 unspecified atom stereocenters. The Balaban J connectivity index is 1.64. The van der Waals surface area contributed by atoms with Crippen LogP contribution < -0.4 is 10.0 Å². The molecule has 0 aliphatic heterocycles. The summed E-state index contributed by atoms with van der Waals surface area (Å²) in [6, 6.07) is 17.7. The molecule has 0 saturated heterocycles. The highest BCUT2D eigenvalue weighted by atomic mass is 32.2. The van der Waals surface area contributed by atoms with Crippen molar-refractivity contribution in [1.82, 2.24) is 5.32 Å². The molecule has 0 spiro atoms. The van der Waals surface area contributed by atoms with Crippen LogP contribution in [0.4, 0.5) is 5.69 Å². The molecule has 0 radical (unpaired) electrons. The summed E-state index contributed by atoms with van der Waals surface area (Å²) in [7, 11) is -3.60. The van der Waals surface area contributed by atoms with Gasteiger partial charge in [-0.25, -0.2) is 8.42 Å². The predicted molar refractivity (Wildman–Crippen MR) is 123 cm³/mol. The lowest BCUT2D eigenvalue weighted by atomic mass is 9.86. The van der Waals surface area contributed by atoms with Gasteiger partial charge in [0, 0.05) is 11.3 Å². The lowest BCUT2D eigenvalue weighted by Gasteiger charge is -2.20. The van der Waals surface area contributed by atoms with E-state index in [-0.39, 0.29) is 21.6 Å². The Morgan fingerprint density at radius 2 is 1.60 bits per heavy atom. The molecule has 0 bridgehead atoms. The Labute approximate surface area is 182 Å². The van der Waals surface area contributed by atoms with Crippen molar-refractivity contribution in [1.29, 1.82) is 0 Å². The first-order chi connectivity index (χ1) is 14.1. The maximum Gasteiger partial charge on any atom is 0.271 e. The molecule has 0 aliphatic rings. The van der Waals surface area contributed by atoms with Crippen LogP contribution in [0.25, 0.3) is 0 Å². The number of sulfonamides is 1. The maximum atomic E-state index is 12.6. The second kappa shape index (κ2) is 8.62. The summed E-state index contributed by atoms with van der Waals surface area (Å²) in [5.41, 5.74) is 3.22. The van der Waals surface area contributed by atoms with E-state index in [1.165, 1.54) is 5.56 Å². The lowest BCUT2D eigenvalue weighted by molar-refractivity contribution is 0.0940. The molecule has 30 heavy (non-hydrogen) atoms. The molecule has 1 heterocycles. The van der Waals surface area contributed by atoms with Gasteiger partial charge in [0.05, 0.1) is 6.04 Å². The Hall–Kier alpha value is -2.64. The molecule has 158 valence electrons. The minimum atomic E-state index is -3.60. The van der Waals surface area contributed by atoms with E-state index >= 15 is 0 Å². The number of rotatable bonds is 6. The number of carbonyl (C=O) groups is 1. The molecule has 0 saturated carbocycles. The zero-order chi connectivity index (χ0) is 21.9. The smallest absolute Gasteiger partial charge is 0.271 e. The van der Waals surface area contributed by atoms with Crippen LogP contribution >= 0.6 is 11.3 Å². The number of hydrogen-bond acceptors (Lipinski definition) is 4. The number of thiophene rings is 1. The summed E-state index contributed by atoms with van der Waals surface area (Å²) in [5, 5.41) is 4.69. The average Bonchev–Trinajstić information content (AvgIpc) is 3.23. The van der Waals surface area contributed by atoms with E-state index in [0.717, 1.165) is 16.9 Å². The summed E-state index contributed by atoms with van der Waals surface area (Å²) in [6.07, 6.45) is 0. The number of anilines is 1. The highest BCUT2D eigenvalue weighted by molar-refractivity contribution is 7.94. The molecular weight excluding hydrogens is 416 g/mol. The summed E-state index contributed by atoms with van der Waals surface area (Å²) < 4.78 is 27.3. The van der Waals surface area contributed by atoms with Crippen LogP contribution in [0.5, 0.6) is 0 Å². The van der Waals surface area contributed by atoms with Crippen LogP contribution in [-0.4, -0.2) is 14.3 Å². The Bertz CT molecular complexity index is 1100. The number of amides is 1. The van der Waals surface area contributed by atoms with Gasteiger partial charge in [-0.15, -0.1) is 11.3 Å². The van der Waals surface area contributed by atoms with Crippen LogP contribution in [0, 0.1) is 0 Å². The van der Waals surface area contributed by atoms with E-state index in [4.69, 9.17) is 0 Å². The van der Waals surface area contributed by atoms with Crippen molar-refractivity contribution in [2.75, 3.05) is 4.72 Å². The van der Waals surface area contributed by atoms with Crippen molar-refractivity contribution in [3.8, 4) is 0 Å². The van der Waals surface area contributed by atoms with E-state index < -0.39 is 10.0 Å². The standard InChI is InChI=1S/C23H26N2O3S2/c1-16(17-7-11-19(12-8-17)23(2,3)4)24-22(26)18-9-13-20(14-10-18)25-30(27,28)21-6-5-15-29-21/h5-16,25H,1-4H3,(H,24,26)/t16-/m0/s1. The van der Waals surface area contributed by atoms with Gasteiger partial charge in [0.1, 0.15) is 4.21 Å². The molecule has 0 aliphatic carbocycles. The summed E-state index contributed by atoms with van der Waals surface area (Å²) in [6.45, 7) is 8.43. The number of nitrogens with one attached hydrogen (secondary N) is 2. The van der Waals surface area contributed by atoms with Crippen molar-refractivity contribution >= 4 is 33.0 Å². The fourth-order valence-electron chi connectivity index (χ4n) is 2.95. The normalized spacial score (nSPS) is 12.9. The monoisotopic (exact) mass is 442 g/mol. The van der Waals surface area contributed by atoms with Crippen LogP contribution in [0.2, 0.25) is 0 Å². The van der Waals surface area contributed by atoms with Crippen molar-refractivity contribution < 1.29 is 13.2 Å². The topological polar surface area (TPSA) is 75.3 Å². The second-order valence-corrected chi connectivity index (χ2v) is 11.0. The molecule has 7 heteroatoms. The first-order valence-electron chi connectivity index (χ1n) is 9.64. The second-order valence-electron chi connectivity index (χ2n) is 8.18. The zero-order valence-electron chi connectivity index (χ0n) is 17.5. The number of hydrogen-bond donors (Lipinski definition) is 2. The first-order valence-corrected chi connectivity index (χ1v) is 12.0. The Morgan fingerprint density at radius 1 is 0.967 bits per heavy atom. The van der Waals surface area contributed by atoms with E-state index in [1.54, 1.807) is 41.8 Å². The molecular formula is C23H26N2O3S2. The fraction of sp³-hybridized carbons (Fsp3) is 0.261. The zero-order valence-corrected chi connectivity index (χ0v) is 19.1. The maximum absolute atomic E-state index is 12.6. The molecule has 1 amide bonds. The third kappa shape index (κ3) is 5.29. The molecule has 1 aromatic heterocycles. The van der Waals surface area contributed by atoms with Crippen LogP contribution in [0.15, 0.2) is 70.3 Å². The number of carbonyl (C=O) groups excluding carboxylic acids is 1. The van der Waals surface area contributed by atoms with Gasteiger partial charge in [-0.2, -0.15) is 0 Å². The predicted octanol–water partition coefficient (Wildman–Crippen LogP) is 5.34. The van der Waals surface area contributed by atoms with Crippen molar-refractivity contribution in [3.63, 3.8) is 0 Å². The lowest BCUT2D eigenvalue weighted by Crippen LogP contribution is -2.26. The van der Waals surface area contributed by atoms with Crippen molar-refractivity contribution in [2.45, 2.75) is 43.4 Å². The van der Waals surface area contributed by atoms with E-state index in [1.807, 2.05) is 19.1 Å². The van der Waals surface area contributed by atoms with Crippen LogP contribution in [0.1, 0.15) is 55.2 Å². The fourth-order valence-corrected chi connectivity index (χ4v) is 5.00.